The molecule has 8 heteroatoms. The molecular weight excluding hydrogens is 325 g/mol. The lowest BCUT2D eigenvalue weighted by Crippen LogP contribution is -2.22. The second-order valence-corrected chi connectivity index (χ2v) is 5.24. The van der Waals surface area contributed by atoms with E-state index in [1.807, 2.05) is 0 Å². The molecule has 3 N–H and O–H groups in total. The van der Waals surface area contributed by atoms with Crippen molar-refractivity contribution in [3.8, 4) is 5.69 Å². The van der Waals surface area contributed by atoms with Gasteiger partial charge in [0, 0.05) is 5.69 Å². The number of carbonyl (C=O) groups excluding carboxylic acids is 1. The van der Waals surface area contributed by atoms with Crippen molar-refractivity contribution in [3.63, 3.8) is 0 Å². The van der Waals surface area contributed by atoms with Gasteiger partial charge >= 0.3 is 0 Å². The fourth-order valence-corrected chi connectivity index (χ4v) is 2.17. The van der Waals surface area contributed by atoms with Gasteiger partial charge in [-0.3, -0.25) is 4.79 Å². The van der Waals surface area contributed by atoms with Crippen molar-refractivity contribution in [2.45, 2.75) is 6.61 Å². The van der Waals surface area contributed by atoms with Crippen molar-refractivity contribution in [2.24, 2.45) is 0 Å². The molecule has 0 atom stereocenters. The zero-order valence-corrected chi connectivity index (χ0v) is 13.2. The largest absolute Gasteiger partial charge is 0.390 e. The van der Waals surface area contributed by atoms with Crippen LogP contribution in [0.2, 0.25) is 0 Å². The zero-order valence-electron chi connectivity index (χ0n) is 13.2. The Hall–Kier alpha value is -3.26. The van der Waals surface area contributed by atoms with Gasteiger partial charge in [0.25, 0.3) is 0 Å². The first-order chi connectivity index (χ1) is 12.2. The van der Waals surface area contributed by atoms with E-state index in [2.05, 4.69) is 20.9 Å². The molecule has 0 radical (unpaired) electrons. The summed E-state index contributed by atoms with van der Waals surface area (Å²) in [6.45, 7) is -0.164. The number of aromatic nitrogens is 3. The van der Waals surface area contributed by atoms with E-state index in [1.165, 1.54) is 12.1 Å². The van der Waals surface area contributed by atoms with E-state index in [0.717, 1.165) is 11.4 Å². The predicted octanol–water partition coefficient (Wildman–Crippen LogP) is 1.95. The molecule has 0 unspecified atom stereocenters. The van der Waals surface area contributed by atoms with Crippen LogP contribution in [0.3, 0.4) is 0 Å². The maximum Gasteiger partial charge on any atom is 0.243 e. The Balaban J connectivity index is 1.56. The number of rotatable bonds is 6. The van der Waals surface area contributed by atoms with Crippen LogP contribution in [0.1, 0.15) is 5.69 Å². The number of hydrogen-bond donors (Lipinski definition) is 3. The van der Waals surface area contributed by atoms with Crippen molar-refractivity contribution in [2.75, 3.05) is 17.2 Å². The third-order valence-corrected chi connectivity index (χ3v) is 3.44. The van der Waals surface area contributed by atoms with Gasteiger partial charge in [-0.15, -0.1) is 5.10 Å². The van der Waals surface area contributed by atoms with Crippen LogP contribution in [0, 0.1) is 5.82 Å². The van der Waals surface area contributed by atoms with Gasteiger partial charge in [-0.25, -0.2) is 9.07 Å². The Kier molecular flexibility index (Phi) is 5.00. The molecule has 1 amide bonds. The van der Waals surface area contributed by atoms with Crippen molar-refractivity contribution in [3.05, 3.63) is 66.2 Å². The second-order valence-electron chi connectivity index (χ2n) is 5.24. The number of anilines is 2. The Bertz CT molecular complexity index is 863. The molecule has 0 spiro atoms. The van der Waals surface area contributed by atoms with E-state index in [4.69, 9.17) is 5.11 Å². The highest BCUT2D eigenvalue weighted by molar-refractivity contribution is 5.93. The lowest BCUT2D eigenvalue weighted by Gasteiger charge is -2.09. The lowest BCUT2D eigenvalue weighted by atomic mass is 10.2. The number of halogens is 1. The Morgan fingerprint density at radius 2 is 1.92 bits per heavy atom. The topological polar surface area (TPSA) is 92.1 Å². The first-order valence-electron chi connectivity index (χ1n) is 7.56. The third kappa shape index (κ3) is 4.18. The second kappa shape index (κ2) is 7.54. The zero-order chi connectivity index (χ0) is 17.6. The van der Waals surface area contributed by atoms with Crippen LogP contribution in [-0.4, -0.2) is 32.6 Å². The molecule has 3 aromatic rings. The molecule has 0 aliphatic carbocycles. The SMILES string of the molecule is O=C(CNc1ccc(-n2cc(CO)nn2)cc1)Nc1ccccc1F. The molecule has 2 aromatic carbocycles. The standard InChI is InChI=1S/C17H16FN5O2/c18-15-3-1-2-4-16(15)20-17(25)9-19-12-5-7-14(8-6-12)23-10-13(11-24)21-22-23/h1-8,10,19,24H,9,11H2,(H,20,25). The van der Waals surface area contributed by atoms with E-state index in [-0.39, 0.29) is 24.7 Å². The van der Waals surface area contributed by atoms with Crippen LogP contribution >= 0.6 is 0 Å². The lowest BCUT2D eigenvalue weighted by molar-refractivity contribution is -0.114. The van der Waals surface area contributed by atoms with Crippen molar-refractivity contribution in [1.29, 1.82) is 0 Å². The van der Waals surface area contributed by atoms with Gasteiger partial charge in [0.1, 0.15) is 11.5 Å². The number of carbonyl (C=O) groups is 1. The van der Waals surface area contributed by atoms with E-state index >= 15 is 0 Å². The van der Waals surface area contributed by atoms with E-state index in [0.29, 0.717) is 5.69 Å². The average molecular weight is 341 g/mol. The number of hydrogen-bond acceptors (Lipinski definition) is 5. The first kappa shape index (κ1) is 16.6. The molecule has 0 aliphatic rings. The fraction of sp³-hybridized carbons (Fsp3) is 0.118. The van der Waals surface area contributed by atoms with Crippen LogP contribution in [-0.2, 0) is 11.4 Å². The van der Waals surface area contributed by atoms with Crippen molar-refractivity contribution >= 4 is 17.3 Å². The van der Waals surface area contributed by atoms with Crippen LogP contribution in [0.4, 0.5) is 15.8 Å². The quantitative estimate of drug-likeness (QED) is 0.637. The van der Waals surface area contributed by atoms with Crippen LogP contribution < -0.4 is 10.6 Å². The van der Waals surface area contributed by atoms with Crippen molar-refractivity contribution in [1.82, 2.24) is 15.0 Å². The number of aliphatic hydroxyl groups excluding tert-OH is 1. The molecule has 25 heavy (non-hydrogen) atoms. The van der Waals surface area contributed by atoms with Crippen LogP contribution in [0.15, 0.2) is 54.7 Å². The number of aliphatic hydroxyl groups is 1. The highest BCUT2D eigenvalue weighted by atomic mass is 19.1. The molecule has 1 aromatic heterocycles. The molecule has 1 heterocycles. The molecular formula is C17H16FN5O2. The summed E-state index contributed by atoms with van der Waals surface area (Å²) in [5.41, 5.74) is 2.13. The highest BCUT2D eigenvalue weighted by Gasteiger charge is 2.06. The third-order valence-electron chi connectivity index (χ3n) is 3.44. The predicted molar refractivity (Wildman–Crippen MR) is 90.8 cm³/mol. The smallest absolute Gasteiger partial charge is 0.243 e. The van der Waals surface area contributed by atoms with Gasteiger partial charge in [0.15, 0.2) is 0 Å². The summed E-state index contributed by atoms with van der Waals surface area (Å²) in [5, 5.41) is 22.2. The number of amides is 1. The Morgan fingerprint density at radius 3 is 2.60 bits per heavy atom. The summed E-state index contributed by atoms with van der Waals surface area (Å²) in [6.07, 6.45) is 1.63. The van der Waals surface area contributed by atoms with Gasteiger partial charge in [0.2, 0.25) is 5.91 Å². The van der Waals surface area contributed by atoms with E-state index in [1.54, 1.807) is 47.3 Å². The highest BCUT2D eigenvalue weighted by Crippen LogP contribution is 2.14. The number of para-hydroxylation sites is 1. The summed E-state index contributed by atoms with van der Waals surface area (Å²) in [6, 6.07) is 13.2. The fourth-order valence-electron chi connectivity index (χ4n) is 2.17. The van der Waals surface area contributed by atoms with Crippen LogP contribution in [0.25, 0.3) is 5.69 Å². The van der Waals surface area contributed by atoms with Gasteiger partial charge < -0.3 is 15.7 Å². The summed E-state index contributed by atoms with van der Waals surface area (Å²) in [5.74, 6) is -0.826. The summed E-state index contributed by atoms with van der Waals surface area (Å²) in [7, 11) is 0. The summed E-state index contributed by atoms with van der Waals surface area (Å²) >= 11 is 0. The number of nitrogens with one attached hydrogen (secondary N) is 2. The molecule has 0 fully saturated rings. The summed E-state index contributed by atoms with van der Waals surface area (Å²) < 4.78 is 15.0. The average Bonchev–Trinajstić information content (AvgIpc) is 3.12. The first-order valence-corrected chi connectivity index (χ1v) is 7.56. The minimum Gasteiger partial charge on any atom is -0.390 e. The Labute approximate surface area is 143 Å². The molecule has 0 saturated heterocycles. The minimum absolute atomic E-state index is 0.00562. The molecule has 0 aliphatic heterocycles. The number of nitrogens with zero attached hydrogens (tertiary/aromatic N) is 3. The molecule has 3 rings (SSSR count). The minimum atomic E-state index is -0.477. The summed E-state index contributed by atoms with van der Waals surface area (Å²) in [4.78, 5) is 11.9. The Morgan fingerprint density at radius 1 is 1.16 bits per heavy atom. The molecule has 7 nitrogen and oxygen atoms in total. The van der Waals surface area contributed by atoms with Gasteiger partial charge in [-0.1, -0.05) is 17.3 Å². The molecule has 128 valence electrons. The maximum atomic E-state index is 13.5. The van der Waals surface area contributed by atoms with Gasteiger partial charge in [-0.05, 0) is 36.4 Å². The van der Waals surface area contributed by atoms with Crippen LogP contribution in [0.5, 0.6) is 0 Å². The normalized spacial score (nSPS) is 10.5. The maximum absolute atomic E-state index is 13.5. The van der Waals surface area contributed by atoms with E-state index in [9.17, 15) is 9.18 Å². The molecule has 0 saturated carbocycles. The van der Waals surface area contributed by atoms with Gasteiger partial charge in [-0.2, -0.15) is 0 Å². The van der Waals surface area contributed by atoms with E-state index < -0.39 is 5.82 Å². The number of benzene rings is 2. The van der Waals surface area contributed by atoms with Gasteiger partial charge in [0.05, 0.1) is 30.7 Å². The monoisotopic (exact) mass is 341 g/mol. The van der Waals surface area contributed by atoms with Crippen molar-refractivity contribution < 1.29 is 14.3 Å². The molecule has 0 bridgehead atoms.